The van der Waals surface area contributed by atoms with Crippen LogP contribution < -0.4 is 10.6 Å². The number of Topliss-reactive ketones (excluding diaryl/α,β-unsaturated/α-hetero) is 2. The lowest BCUT2D eigenvalue weighted by Gasteiger charge is -2.27. The van der Waals surface area contributed by atoms with E-state index in [4.69, 9.17) is 0 Å². The van der Waals surface area contributed by atoms with Gasteiger partial charge in [-0.3, -0.25) is 19.2 Å². The minimum absolute atomic E-state index is 0.0306. The van der Waals surface area contributed by atoms with Crippen molar-refractivity contribution in [3.8, 4) is 0 Å². The average Bonchev–Trinajstić information content (AvgIpc) is 3.30. The number of amides is 2. The predicted octanol–water partition coefficient (Wildman–Crippen LogP) is 4.87. The predicted molar refractivity (Wildman–Crippen MR) is 156 cm³/mol. The fourth-order valence-corrected chi connectivity index (χ4v) is 7.10. The molecule has 1 aliphatic carbocycles. The van der Waals surface area contributed by atoms with Crippen LogP contribution >= 0.6 is 0 Å². The Bertz CT molecular complexity index is 1340. The highest BCUT2D eigenvalue weighted by Gasteiger charge is 2.66. The number of ketones is 2. The molecule has 2 bridgehead atoms. The molecule has 1 saturated heterocycles. The molecule has 1 aromatic heterocycles. The summed E-state index contributed by atoms with van der Waals surface area (Å²) in [4.78, 5) is 54.4. The minimum atomic E-state index is -0.457. The molecule has 216 valence electrons. The first kappa shape index (κ1) is 28.4. The zero-order valence-corrected chi connectivity index (χ0v) is 24.6. The lowest BCUT2D eigenvalue weighted by molar-refractivity contribution is -0.139. The molecular weight excluding hydrogens is 504 g/mol. The summed E-state index contributed by atoms with van der Waals surface area (Å²) >= 11 is 0. The Kier molecular flexibility index (Phi) is 7.81. The molecule has 3 aliphatic rings. The number of piperidine rings is 1. The molecule has 0 radical (unpaired) electrons. The van der Waals surface area contributed by atoms with E-state index in [1.165, 1.54) is 0 Å². The molecule has 2 aliphatic heterocycles. The number of rotatable bonds is 5. The second kappa shape index (κ2) is 11.0. The molecular formula is C32H44N4O4. The highest BCUT2D eigenvalue weighted by molar-refractivity contribution is 6.09. The Hall–Kier alpha value is -3.16. The smallest absolute Gasteiger partial charge is 0.243 e. The highest BCUT2D eigenvalue weighted by Crippen LogP contribution is 2.59. The largest absolute Gasteiger partial charge is 0.383 e. The second-order valence-corrected chi connectivity index (χ2v) is 12.8. The monoisotopic (exact) mass is 548 g/mol. The normalized spacial score (nSPS) is 27.4. The van der Waals surface area contributed by atoms with E-state index in [-0.39, 0.29) is 53.3 Å². The van der Waals surface area contributed by atoms with E-state index in [0.29, 0.717) is 31.4 Å². The summed E-state index contributed by atoms with van der Waals surface area (Å²) in [5.74, 6) is 0.282. The van der Waals surface area contributed by atoms with Crippen LogP contribution in [0.4, 0.5) is 5.69 Å². The van der Waals surface area contributed by atoms with Gasteiger partial charge in [-0.05, 0) is 70.1 Å². The summed E-state index contributed by atoms with van der Waals surface area (Å²) in [5.41, 5.74) is 3.41. The molecule has 1 saturated carbocycles. The Balaban J connectivity index is 1.58. The summed E-state index contributed by atoms with van der Waals surface area (Å²) < 4.78 is 1.95. The number of carbonyl (C=O) groups is 4. The molecule has 2 amide bonds. The number of nitrogens with one attached hydrogen (secondary N) is 2. The quantitative estimate of drug-likeness (QED) is 0.519. The van der Waals surface area contributed by atoms with Crippen molar-refractivity contribution in [1.29, 1.82) is 0 Å². The lowest BCUT2D eigenvalue weighted by Crippen LogP contribution is -2.44. The maximum Gasteiger partial charge on any atom is 0.243 e. The maximum atomic E-state index is 14.0. The van der Waals surface area contributed by atoms with Crippen molar-refractivity contribution < 1.29 is 19.2 Å². The van der Waals surface area contributed by atoms with Crippen molar-refractivity contribution in [2.24, 2.45) is 11.3 Å². The summed E-state index contributed by atoms with van der Waals surface area (Å²) in [6.07, 6.45) is 7.83. The van der Waals surface area contributed by atoms with Crippen molar-refractivity contribution >= 4 is 40.0 Å². The third-order valence-corrected chi connectivity index (χ3v) is 9.18. The van der Waals surface area contributed by atoms with Crippen molar-refractivity contribution in [3.63, 3.8) is 0 Å². The summed E-state index contributed by atoms with van der Waals surface area (Å²) in [5, 5.41) is 7.50. The number of carbonyl (C=O) groups excluding carboxylic acids is 4. The molecule has 2 aromatic rings. The molecule has 2 N–H and O–H groups in total. The van der Waals surface area contributed by atoms with Gasteiger partial charge in [-0.25, -0.2) is 0 Å². The summed E-state index contributed by atoms with van der Waals surface area (Å²) in [7, 11) is 0. The molecule has 3 heterocycles. The van der Waals surface area contributed by atoms with Gasteiger partial charge < -0.3 is 20.1 Å². The first-order valence-electron chi connectivity index (χ1n) is 15.1. The van der Waals surface area contributed by atoms with E-state index >= 15 is 0 Å². The van der Waals surface area contributed by atoms with Crippen LogP contribution in [0.3, 0.4) is 0 Å². The van der Waals surface area contributed by atoms with Gasteiger partial charge in [0.2, 0.25) is 11.8 Å². The number of anilines is 1. The summed E-state index contributed by atoms with van der Waals surface area (Å²) in [6.45, 7) is 10.3. The van der Waals surface area contributed by atoms with Crippen LogP contribution in [0.2, 0.25) is 0 Å². The van der Waals surface area contributed by atoms with Gasteiger partial charge in [-0.2, -0.15) is 0 Å². The third-order valence-electron chi connectivity index (χ3n) is 9.18. The number of benzene rings is 1. The van der Waals surface area contributed by atoms with Crippen LogP contribution in [0, 0.1) is 11.3 Å². The van der Waals surface area contributed by atoms with Gasteiger partial charge in [0.25, 0.3) is 0 Å². The Morgan fingerprint density at radius 2 is 1.95 bits per heavy atom. The van der Waals surface area contributed by atoms with Crippen LogP contribution in [-0.2, 0) is 27.3 Å². The SMILES string of the molecule is CCC(=O)[C@@H]1C[C@]23CNC(=O)C[C@H](C)CCCCc4cc(NC(C)C)cc5c(C(C)=O)cn(c45)CC(=O)N1[C@@H]2C3. The Morgan fingerprint density at radius 1 is 1.18 bits per heavy atom. The van der Waals surface area contributed by atoms with E-state index in [9.17, 15) is 19.2 Å². The van der Waals surface area contributed by atoms with Crippen molar-refractivity contribution in [3.05, 3.63) is 29.5 Å². The second-order valence-electron chi connectivity index (χ2n) is 12.8. The number of aryl methyl sites for hydroxylation is 1. The molecule has 0 unspecified atom stereocenters. The van der Waals surface area contributed by atoms with Gasteiger partial charge in [0.05, 0.1) is 11.6 Å². The zero-order chi connectivity index (χ0) is 28.8. The molecule has 2 fully saturated rings. The van der Waals surface area contributed by atoms with Gasteiger partial charge in [-0.15, -0.1) is 0 Å². The van der Waals surface area contributed by atoms with E-state index in [1.54, 1.807) is 6.92 Å². The Morgan fingerprint density at radius 3 is 2.65 bits per heavy atom. The number of hydrogen-bond donors (Lipinski definition) is 2. The summed E-state index contributed by atoms with van der Waals surface area (Å²) in [6, 6.07) is 3.93. The lowest BCUT2D eigenvalue weighted by atomic mass is 9.95. The molecule has 8 nitrogen and oxygen atoms in total. The van der Waals surface area contributed by atoms with Crippen molar-refractivity contribution in [2.75, 3.05) is 11.9 Å². The number of aromatic nitrogens is 1. The number of nitrogens with zero attached hydrogens (tertiary/aromatic N) is 2. The van der Waals surface area contributed by atoms with Crippen molar-refractivity contribution in [1.82, 2.24) is 14.8 Å². The third kappa shape index (κ3) is 5.41. The average molecular weight is 549 g/mol. The fraction of sp³-hybridized carbons (Fsp3) is 0.625. The first-order chi connectivity index (χ1) is 19.0. The topological polar surface area (TPSA) is 101 Å². The van der Waals surface area contributed by atoms with E-state index in [1.807, 2.05) is 28.7 Å². The van der Waals surface area contributed by atoms with Gasteiger partial charge in [-0.1, -0.05) is 26.7 Å². The van der Waals surface area contributed by atoms with Crippen LogP contribution in [0.5, 0.6) is 0 Å². The number of hydrogen-bond acceptors (Lipinski definition) is 5. The van der Waals surface area contributed by atoms with E-state index < -0.39 is 6.04 Å². The Labute approximate surface area is 237 Å². The van der Waals surface area contributed by atoms with Crippen LogP contribution in [-0.4, -0.2) is 57.5 Å². The van der Waals surface area contributed by atoms with Crippen LogP contribution in [0.25, 0.3) is 10.9 Å². The fourth-order valence-electron chi connectivity index (χ4n) is 7.10. The first-order valence-corrected chi connectivity index (χ1v) is 15.1. The van der Waals surface area contributed by atoms with Gasteiger partial charge in [0, 0.05) is 59.7 Å². The van der Waals surface area contributed by atoms with Crippen molar-refractivity contribution in [2.45, 2.75) is 111 Å². The standard InChI is InChI=1S/C32H44N4O4/c1-6-27(38)26-14-32-15-28(32)36(26)30(40)17-35-16-25(21(5)37)24-13-23(34-19(2)3)12-22(31(24)35)10-8-7-9-20(4)11-29(39)33-18-32/h12-13,16,19-20,26,28,34H,6-11,14-15,17-18H2,1-5H3,(H,33,39)/t20-,26+,28-,32+/m1/s1. The van der Waals surface area contributed by atoms with E-state index in [0.717, 1.165) is 54.3 Å². The van der Waals surface area contributed by atoms with Crippen LogP contribution in [0.1, 0.15) is 95.5 Å². The molecule has 0 spiro atoms. The van der Waals surface area contributed by atoms with E-state index in [2.05, 4.69) is 37.5 Å². The van der Waals surface area contributed by atoms with Gasteiger partial charge in [0.15, 0.2) is 11.6 Å². The van der Waals surface area contributed by atoms with Gasteiger partial charge in [0.1, 0.15) is 6.54 Å². The molecule has 5 rings (SSSR count). The van der Waals surface area contributed by atoms with Crippen LogP contribution in [0.15, 0.2) is 18.3 Å². The highest BCUT2D eigenvalue weighted by atomic mass is 16.2. The zero-order valence-electron chi connectivity index (χ0n) is 24.6. The molecule has 40 heavy (non-hydrogen) atoms. The maximum absolute atomic E-state index is 14.0. The molecule has 4 atom stereocenters. The van der Waals surface area contributed by atoms with Gasteiger partial charge >= 0.3 is 0 Å². The molecule has 1 aromatic carbocycles. The minimum Gasteiger partial charge on any atom is -0.383 e. The molecule has 8 heteroatoms.